The highest BCUT2D eigenvalue weighted by atomic mass is 32.1. The summed E-state index contributed by atoms with van der Waals surface area (Å²) in [7, 11) is 0. The molecule has 2 saturated heterocycles. The molecule has 1 aromatic carbocycles. The Morgan fingerprint density at radius 2 is 1.73 bits per heavy atom. The van der Waals surface area contributed by atoms with E-state index < -0.39 is 0 Å². The van der Waals surface area contributed by atoms with E-state index >= 15 is 0 Å². The molecule has 0 spiro atoms. The van der Waals surface area contributed by atoms with Gasteiger partial charge in [-0.3, -0.25) is 4.79 Å². The van der Waals surface area contributed by atoms with Gasteiger partial charge in [0, 0.05) is 37.4 Å². The highest BCUT2D eigenvalue weighted by Gasteiger charge is 2.31. The van der Waals surface area contributed by atoms with Gasteiger partial charge in [0.2, 0.25) is 11.8 Å². The van der Waals surface area contributed by atoms with Gasteiger partial charge in [-0.15, -0.1) is 5.10 Å². The molecule has 0 saturated carbocycles. The van der Waals surface area contributed by atoms with Crippen molar-refractivity contribution in [1.82, 2.24) is 14.7 Å². The van der Waals surface area contributed by atoms with E-state index in [-0.39, 0.29) is 5.92 Å². The molecule has 30 heavy (non-hydrogen) atoms. The van der Waals surface area contributed by atoms with E-state index in [0.29, 0.717) is 23.3 Å². The van der Waals surface area contributed by atoms with Crippen LogP contribution in [-0.4, -0.2) is 46.8 Å². The van der Waals surface area contributed by atoms with Gasteiger partial charge in [0.1, 0.15) is 0 Å². The number of amides is 1. The number of hydrogen-bond acceptors (Lipinski definition) is 4. The number of rotatable bonds is 4. The standard InChI is InChI=1S/C23H32N4O2S/c1-17-13-18(2)15-20(14-17)21-24-27(23(30)29-21)16-25-11-7-19(8-12-25)22(28)26-9-5-3-4-6-10-26/h13-15,19H,3-12,16H2,1-2H3/p+1. The fourth-order valence-corrected chi connectivity index (χ4v) is 5.00. The quantitative estimate of drug-likeness (QED) is 0.759. The fraction of sp³-hybridized carbons (Fsp3) is 0.609. The third kappa shape index (κ3) is 5.01. The Labute approximate surface area is 183 Å². The number of aryl methyl sites for hydroxylation is 2. The lowest BCUT2D eigenvalue weighted by Crippen LogP contribution is -3.12. The lowest BCUT2D eigenvalue weighted by molar-refractivity contribution is -0.929. The van der Waals surface area contributed by atoms with Crippen LogP contribution in [-0.2, 0) is 11.5 Å². The largest absolute Gasteiger partial charge is 0.409 e. The number of nitrogens with one attached hydrogen (secondary N) is 1. The highest BCUT2D eigenvalue weighted by molar-refractivity contribution is 7.71. The van der Waals surface area contributed by atoms with Gasteiger partial charge in [-0.25, -0.2) is 0 Å². The number of aromatic nitrogens is 2. The zero-order chi connectivity index (χ0) is 21.1. The van der Waals surface area contributed by atoms with Crippen LogP contribution in [0.25, 0.3) is 11.5 Å². The van der Waals surface area contributed by atoms with E-state index in [1.54, 1.807) is 4.68 Å². The molecule has 1 N–H and O–H groups in total. The maximum absolute atomic E-state index is 12.9. The van der Waals surface area contributed by atoms with E-state index in [2.05, 4.69) is 42.0 Å². The molecule has 2 fully saturated rings. The molecule has 0 bridgehead atoms. The lowest BCUT2D eigenvalue weighted by Gasteiger charge is -2.31. The maximum Gasteiger partial charge on any atom is 0.292 e. The molecule has 2 aliphatic rings. The summed E-state index contributed by atoms with van der Waals surface area (Å²) in [4.78, 5) is 16.8. The van der Waals surface area contributed by atoms with Crippen LogP contribution in [0, 0.1) is 24.6 Å². The molecule has 0 radical (unpaired) electrons. The van der Waals surface area contributed by atoms with Crippen LogP contribution < -0.4 is 4.90 Å². The van der Waals surface area contributed by atoms with Gasteiger partial charge in [0.05, 0.1) is 13.1 Å². The molecule has 2 aromatic rings. The van der Waals surface area contributed by atoms with Gasteiger partial charge in [-0.2, -0.15) is 4.68 Å². The minimum absolute atomic E-state index is 0.183. The van der Waals surface area contributed by atoms with Gasteiger partial charge < -0.3 is 14.2 Å². The summed E-state index contributed by atoms with van der Waals surface area (Å²) in [6.45, 7) is 8.67. The molecule has 3 heterocycles. The molecule has 1 aromatic heterocycles. The van der Waals surface area contributed by atoms with Crippen molar-refractivity contribution in [2.45, 2.75) is 59.0 Å². The third-order valence-corrected chi connectivity index (χ3v) is 6.70. The van der Waals surface area contributed by atoms with Crippen molar-refractivity contribution >= 4 is 18.1 Å². The number of benzene rings is 1. The van der Waals surface area contributed by atoms with E-state index in [4.69, 9.17) is 16.6 Å². The number of carbonyl (C=O) groups excluding carboxylic acids is 1. The number of nitrogens with zero attached hydrogens (tertiary/aromatic N) is 3. The molecule has 4 rings (SSSR count). The molecule has 0 atom stereocenters. The first-order chi connectivity index (χ1) is 14.5. The van der Waals surface area contributed by atoms with Crippen LogP contribution in [0.3, 0.4) is 0 Å². The van der Waals surface area contributed by atoms with E-state index in [1.807, 2.05) is 0 Å². The Balaban J connectivity index is 1.35. The first-order valence-electron chi connectivity index (χ1n) is 11.3. The number of piperidine rings is 1. The van der Waals surface area contributed by atoms with Gasteiger partial charge in [-0.1, -0.05) is 30.0 Å². The normalized spacial score (nSPS) is 22.7. The SMILES string of the molecule is Cc1cc(C)cc(-c2nn(C[NH+]3CCC(C(=O)N4CCCCCC4)CC3)c(=S)o2)c1. The van der Waals surface area contributed by atoms with E-state index in [1.165, 1.54) is 28.9 Å². The van der Waals surface area contributed by atoms with Gasteiger partial charge in [0.15, 0.2) is 6.67 Å². The monoisotopic (exact) mass is 429 g/mol. The Bertz CT molecular complexity index is 915. The summed E-state index contributed by atoms with van der Waals surface area (Å²) in [6, 6.07) is 6.28. The van der Waals surface area contributed by atoms with Crippen molar-refractivity contribution in [2.75, 3.05) is 26.2 Å². The molecule has 162 valence electrons. The number of quaternary nitrogens is 1. The second-order valence-electron chi connectivity index (χ2n) is 8.97. The molecule has 6 nitrogen and oxygen atoms in total. The molecule has 0 aliphatic carbocycles. The summed E-state index contributed by atoms with van der Waals surface area (Å²) >= 11 is 5.43. The Morgan fingerprint density at radius 1 is 1.10 bits per heavy atom. The average molecular weight is 430 g/mol. The Morgan fingerprint density at radius 3 is 2.37 bits per heavy atom. The molecule has 2 aliphatic heterocycles. The van der Waals surface area contributed by atoms with Crippen LogP contribution in [0.5, 0.6) is 0 Å². The molecule has 0 unspecified atom stereocenters. The number of hydrogen-bond donors (Lipinski definition) is 1. The fourth-order valence-electron chi connectivity index (χ4n) is 4.81. The predicted molar refractivity (Wildman–Crippen MR) is 119 cm³/mol. The Hall–Kier alpha value is -1.99. The van der Waals surface area contributed by atoms with Crippen LogP contribution >= 0.6 is 12.2 Å². The summed E-state index contributed by atoms with van der Waals surface area (Å²) < 4.78 is 7.60. The number of likely N-dealkylation sites (tertiary alicyclic amines) is 2. The second kappa shape index (κ2) is 9.43. The van der Waals surface area contributed by atoms with Crippen LogP contribution in [0.4, 0.5) is 0 Å². The van der Waals surface area contributed by atoms with E-state index in [9.17, 15) is 4.79 Å². The first-order valence-corrected chi connectivity index (χ1v) is 11.7. The van der Waals surface area contributed by atoms with Crippen LogP contribution in [0.15, 0.2) is 22.6 Å². The molecule has 1 amide bonds. The Kier molecular flexibility index (Phi) is 6.68. The first kappa shape index (κ1) is 21.2. The zero-order valence-electron chi connectivity index (χ0n) is 18.2. The number of carbonyl (C=O) groups is 1. The zero-order valence-corrected chi connectivity index (χ0v) is 19.0. The summed E-state index contributed by atoms with van der Waals surface area (Å²) in [6.07, 6.45) is 6.72. The maximum atomic E-state index is 12.9. The minimum atomic E-state index is 0.183. The summed E-state index contributed by atoms with van der Waals surface area (Å²) in [5.41, 5.74) is 3.33. The van der Waals surface area contributed by atoms with Crippen molar-refractivity contribution in [3.05, 3.63) is 34.2 Å². The second-order valence-corrected chi connectivity index (χ2v) is 9.32. The topological polar surface area (TPSA) is 55.7 Å². The molecular weight excluding hydrogens is 396 g/mol. The van der Waals surface area contributed by atoms with Crippen molar-refractivity contribution in [1.29, 1.82) is 0 Å². The highest BCUT2D eigenvalue weighted by Crippen LogP contribution is 2.21. The van der Waals surface area contributed by atoms with Gasteiger partial charge >= 0.3 is 0 Å². The minimum Gasteiger partial charge on any atom is -0.409 e. The smallest absolute Gasteiger partial charge is 0.292 e. The van der Waals surface area contributed by atoms with E-state index in [0.717, 1.165) is 57.4 Å². The molecular formula is C23H33N4O2S+. The molecule has 7 heteroatoms. The lowest BCUT2D eigenvalue weighted by atomic mass is 9.95. The summed E-state index contributed by atoms with van der Waals surface area (Å²) in [5, 5.41) is 4.64. The van der Waals surface area contributed by atoms with Gasteiger partial charge in [0.25, 0.3) is 4.84 Å². The van der Waals surface area contributed by atoms with Crippen LogP contribution in [0.2, 0.25) is 0 Å². The van der Waals surface area contributed by atoms with Crippen molar-refractivity contribution in [3.8, 4) is 11.5 Å². The van der Waals surface area contributed by atoms with Crippen LogP contribution in [0.1, 0.15) is 49.7 Å². The van der Waals surface area contributed by atoms with Crippen molar-refractivity contribution in [2.24, 2.45) is 5.92 Å². The predicted octanol–water partition coefficient (Wildman–Crippen LogP) is 3.14. The average Bonchev–Trinajstić information content (AvgIpc) is 2.92. The van der Waals surface area contributed by atoms with Crippen molar-refractivity contribution < 1.29 is 14.1 Å². The van der Waals surface area contributed by atoms with Gasteiger partial charge in [-0.05, 0) is 51.0 Å². The van der Waals surface area contributed by atoms with Crippen molar-refractivity contribution in [3.63, 3.8) is 0 Å². The summed E-state index contributed by atoms with van der Waals surface area (Å²) in [5.74, 6) is 1.14. The third-order valence-electron chi connectivity index (χ3n) is 6.41.